The number of rotatable bonds is 3. The van der Waals surface area contributed by atoms with Crippen LogP contribution in [0.4, 0.5) is 5.69 Å². The lowest BCUT2D eigenvalue weighted by molar-refractivity contribution is -0.114. The molecular weight excluding hydrogens is 443 g/mol. The van der Waals surface area contributed by atoms with E-state index in [2.05, 4.69) is 10.1 Å². The molecule has 156 valence electrons. The molecule has 2 heterocycles. The van der Waals surface area contributed by atoms with E-state index in [1.54, 1.807) is 31.2 Å². The molecule has 1 aromatic heterocycles. The van der Waals surface area contributed by atoms with Crippen molar-refractivity contribution in [1.82, 2.24) is 9.55 Å². The minimum atomic E-state index is -0.845. The molecule has 8 nitrogen and oxygen atoms in total. The number of carbonyl (C=O) groups excluding carboxylic acids is 1. The zero-order valence-corrected chi connectivity index (χ0v) is 17.5. The molecule has 0 aliphatic carbocycles. The van der Waals surface area contributed by atoms with Crippen LogP contribution in [0.3, 0.4) is 0 Å². The predicted molar refractivity (Wildman–Crippen MR) is 119 cm³/mol. The fourth-order valence-corrected chi connectivity index (χ4v) is 3.42. The molecule has 0 fully saturated rings. The number of aromatic nitrogens is 2. The normalized spacial score (nSPS) is 14.9. The highest BCUT2D eigenvalue weighted by molar-refractivity contribution is 6.33. The first-order valence-electron chi connectivity index (χ1n) is 8.98. The molecule has 0 bridgehead atoms. The number of aromatic amines is 1. The number of hydrazone groups is 1. The van der Waals surface area contributed by atoms with Crippen molar-refractivity contribution in [3.63, 3.8) is 0 Å². The summed E-state index contributed by atoms with van der Waals surface area (Å²) in [6.45, 7) is 1.59. The number of hydrogen-bond acceptors (Lipinski definition) is 5. The maximum atomic E-state index is 12.9. The van der Waals surface area contributed by atoms with Crippen molar-refractivity contribution in [3.8, 4) is 11.6 Å². The van der Waals surface area contributed by atoms with Crippen LogP contribution in [-0.2, 0) is 4.79 Å². The Hall–Kier alpha value is -3.62. The van der Waals surface area contributed by atoms with Gasteiger partial charge in [-0.3, -0.25) is 14.6 Å². The molecular formula is C21H14Cl2N4O4. The summed E-state index contributed by atoms with van der Waals surface area (Å²) in [7, 11) is 0. The van der Waals surface area contributed by atoms with Gasteiger partial charge < -0.3 is 5.11 Å². The molecule has 1 aliphatic rings. The van der Waals surface area contributed by atoms with E-state index in [9.17, 15) is 19.5 Å². The summed E-state index contributed by atoms with van der Waals surface area (Å²) < 4.78 is 0.908. The number of anilines is 1. The van der Waals surface area contributed by atoms with Gasteiger partial charge in [-0.1, -0.05) is 29.3 Å². The molecule has 2 N–H and O–H groups in total. The summed E-state index contributed by atoms with van der Waals surface area (Å²) >= 11 is 11.9. The second-order valence-electron chi connectivity index (χ2n) is 6.65. The SMILES string of the molecule is CC1=NN(c2cccc(Cl)c2)C(=O)/C1=C/c1c(O)n(-c2ccc(Cl)cc2)c(=O)[nH]c1=O. The monoisotopic (exact) mass is 456 g/mol. The first-order valence-corrected chi connectivity index (χ1v) is 9.73. The fraction of sp³-hybridized carbons (Fsp3) is 0.0476. The second-order valence-corrected chi connectivity index (χ2v) is 7.52. The molecule has 2 aromatic carbocycles. The predicted octanol–water partition coefficient (Wildman–Crippen LogP) is 3.34. The lowest BCUT2D eigenvalue weighted by atomic mass is 10.1. The summed E-state index contributed by atoms with van der Waals surface area (Å²) in [6, 6.07) is 12.7. The fourth-order valence-electron chi connectivity index (χ4n) is 3.11. The van der Waals surface area contributed by atoms with Crippen molar-refractivity contribution in [3.05, 3.63) is 90.6 Å². The lowest BCUT2D eigenvalue weighted by Gasteiger charge is -2.12. The smallest absolute Gasteiger partial charge is 0.335 e. The Morgan fingerprint density at radius 1 is 1.00 bits per heavy atom. The zero-order chi connectivity index (χ0) is 22.3. The van der Waals surface area contributed by atoms with Gasteiger partial charge in [-0.05, 0) is 55.5 Å². The van der Waals surface area contributed by atoms with Gasteiger partial charge in [-0.25, -0.2) is 9.36 Å². The third-order valence-electron chi connectivity index (χ3n) is 4.61. The maximum absolute atomic E-state index is 12.9. The van der Waals surface area contributed by atoms with E-state index in [1.165, 1.54) is 30.3 Å². The summed E-state index contributed by atoms with van der Waals surface area (Å²) in [5, 5.41) is 16.9. The van der Waals surface area contributed by atoms with Crippen LogP contribution in [0.25, 0.3) is 11.8 Å². The number of benzene rings is 2. The van der Waals surface area contributed by atoms with Crippen LogP contribution in [0.1, 0.15) is 12.5 Å². The van der Waals surface area contributed by atoms with E-state index in [0.29, 0.717) is 21.4 Å². The Kier molecular flexibility index (Phi) is 5.26. The highest BCUT2D eigenvalue weighted by atomic mass is 35.5. The van der Waals surface area contributed by atoms with Crippen molar-refractivity contribution >= 4 is 46.6 Å². The molecule has 3 aromatic rings. The standard InChI is InChI=1S/C21H14Cl2N4O4/c1-11-16(20(30)27(25-11)15-4-2-3-13(23)9-15)10-17-18(28)24-21(31)26(19(17)29)14-7-5-12(22)6-8-14/h2-10,29H,1H3,(H,24,28,31)/b16-10+. The van der Waals surface area contributed by atoms with Crippen LogP contribution in [0, 0.1) is 0 Å². The third kappa shape index (κ3) is 3.78. The number of hydrogen-bond donors (Lipinski definition) is 2. The Balaban J connectivity index is 1.82. The van der Waals surface area contributed by atoms with E-state index in [4.69, 9.17) is 23.2 Å². The Morgan fingerprint density at radius 2 is 1.71 bits per heavy atom. The van der Waals surface area contributed by atoms with Gasteiger partial charge in [0, 0.05) is 10.0 Å². The molecule has 0 unspecified atom stereocenters. The van der Waals surface area contributed by atoms with Gasteiger partial charge in [0.25, 0.3) is 11.5 Å². The van der Waals surface area contributed by atoms with E-state index >= 15 is 0 Å². The van der Waals surface area contributed by atoms with Crippen molar-refractivity contribution in [2.75, 3.05) is 5.01 Å². The van der Waals surface area contributed by atoms with Gasteiger partial charge >= 0.3 is 5.69 Å². The van der Waals surface area contributed by atoms with Gasteiger partial charge in [0.05, 0.1) is 22.7 Å². The molecule has 4 rings (SSSR count). The molecule has 10 heteroatoms. The third-order valence-corrected chi connectivity index (χ3v) is 5.10. The number of nitrogens with one attached hydrogen (secondary N) is 1. The topological polar surface area (TPSA) is 108 Å². The van der Waals surface area contributed by atoms with Gasteiger partial charge in [0.2, 0.25) is 5.88 Å². The van der Waals surface area contributed by atoms with Crippen LogP contribution in [0.2, 0.25) is 10.0 Å². The summed E-state index contributed by atoms with van der Waals surface area (Å²) in [6.07, 6.45) is 1.20. The van der Waals surface area contributed by atoms with Gasteiger partial charge in [0.15, 0.2) is 0 Å². The van der Waals surface area contributed by atoms with Crippen molar-refractivity contribution in [2.45, 2.75) is 6.92 Å². The summed E-state index contributed by atoms with van der Waals surface area (Å²) in [5.74, 6) is -1.13. The van der Waals surface area contributed by atoms with Gasteiger partial charge in [0.1, 0.15) is 5.56 Å². The Morgan fingerprint density at radius 3 is 2.39 bits per heavy atom. The molecule has 0 saturated carbocycles. The minimum Gasteiger partial charge on any atom is -0.494 e. The summed E-state index contributed by atoms with van der Waals surface area (Å²) in [5.41, 5.74) is -0.802. The van der Waals surface area contributed by atoms with Gasteiger partial charge in [-0.2, -0.15) is 10.1 Å². The van der Waals surface area contributed by atoms with E-state index < -0.39 is 23.0 Å². The lowest BCUT2D eigenvalue weighted by Crippen LogP contribution is -2.30. The number of carbonyl (C=O) groups is 1. The number of aromatic hydroxyl groups is 1. The van der Waals surface area contributed by atoms with Crippen LogP contribution in [0.5, 0.6) is 5.88 Å². The maximum Gasteiger partial charge on any atom is 0.335 e. The molecule has 0 spiro atoms. The molecule has 1 aliphatic heterocycles. The first kappa shape index (κ1) is 20.6. The van der Waals surface area contributed by atoms with E-state index in [1.807, 2.05) is 0 Å². The Bertz CT molecular complexity index is 1390. The van der Waals surface area contributed by atoms with E-state index in [0.717, 1.165) is 9.58 Å². The minimum absolute atomic E-state index is 0.0853. The summed E-state index contributed by atoms with van der Waals surface area (Å²) in [4.78, 5) is 39.8. The van der Waals surface area contributed by atoms with Crippen molar-refractivity contribution in [2.24, 2.45) is 5.10 Å². The van der Waals surface area contributed by atoms with Gasteiger partial charge in [-0.15, -0.1) is 0 Å². The molecule has 0 saturated heterocycles. The number of halogens is 2. The molecule has 0 atom stereocenters. The number of H-pyrrole nitrogens is 1. The van der Waals surface area contributed by atoms with Crippen LogP contribution in [0.15, 0.2) is 68.8 Å². The van der Waals surface area contributed by atoms with Crippen molar-refractivity contribution < 1.29 is 9.90 Å². The van der Waals surface area contributed by atoms with Crippen LogP contribution in [-0.4, -0.2) is 26.3 Å². The highest BCUT2D eigenvalue weighted by Gasteiger charge is 2.30. The molecule has 0 radical (unpaired) electrons. The van der Waals surface area contributed by atoms with Crippen molar-refractivity contribution in [1.29, 1.82) is 0 Å². The first-order chi connectivity index (χ1) is 14.8. The Labute approximate surface area is 185 Å². The van der Waals surface area contributed by atoms with Crippen LogP contribution >= 0.6 is 23.2 Å². The average molecular weight is 457 g/mol. The molecule has 1 amide bonds. The second kappa shape index (κ2) is 7.90. The zero-order valence-electron chi connectivity index (χ0n) is 16.0. The largest absolute Gasteiger partial charge is 0.494 e. The number of amides is 1. The molecule has 31 heavy (non-hydrogen) atoms. The number of nitrogens with zero attached hydrogens (tertiary/aromatic N) is 3. The van der Waals surface area contributed by atoms with Crippen LogP contribution < -0.4 is 16.3 Å². The van der Waals surface area contributed by atoms with E-state index in [-0.39, 0.29) is 16.8 Å². The highest BCUT2D eigenvalue weighted by Crippen LogP contribution is 2.28. The average Bonchev–Trinajstić information content (AvgIpc) is 3.00. The quantitative estimate of drug-likeness (QED) is 0.589.